The predicted molar refractivity (Wildman–Crippen MR) is 50.1 cm³/mol. The van der Waals surface area contributed by atoms with Crippen molar-refractivity contribution in [3.63, 3.8) is 0 Å². The van der Waals surface area contributed by atoms with E-state index in [1.807, 2.05) is 26.2 Å². The van der Waals surface area contributed by atoms with Gasteiger partial charge in [0.25, 0.3) is 8.32 Å². The Morgan fingerprint density at radius 1 is 1.45 bits per heavy atom. The molecule has 11 heavy (non-hydrogen) atoms. The van der Waals surface area contributed by atoms with Gasteiger partial charge < -0.3 is 14.6 Å². The van der Waals surface area contributed by atoms with Crippen molar-refractivity contribution >= 4 is 22.3 Å². The molecule has 0 radical (unpaired) electrons. The van der Waals surface area contributed by atoms with Gasteiger partial charge in [-0.3, -0.25) is 0 Å². The van der Waals surface area contributed by atoms with Gasteiger partial charge >= 0.3 is 0 Å². The van der Waals surface area contributed by atoms with Crippen LogP contribution in [-0.4, -0.2) is 38.7 Å². The monoisotopic (exact) mass is 192 g/mol. The van der Waals surface area contributed by atoms with Crippen LogP contribution in [0.5, 0.6) is 0 Å². The highest BCUT2D eigenvalue weighted by atomic mass is 28.4. The Morgan fingerprint density at radius 2 is 1.91 bits per heavy atom. The van der Waals surface area contributed by atoms with Crippen LogP contribution >= 0.6 is 0 Å². The highest BCUT2D eigenvalue weighted by Gasteiger charge is 2.24. The summed E-state index contributed by atoms with van der Waals surface area (Å²) in [6, 6.07) is 0. The van der Waals surface area contributed by atoms with E-state index in [1.165, 1.54) is 0 Å². The molecule has 0 rings (SSSR count). The van der Waals surface area contributed by atoms with E-state index >= 15 is 0 Å². The SMILES string of the molecule is C[Si](C)=C(O)O[Si](C)(C)CO. The van der Waals surface area contributed by atoms with Crippen molar-refractivity contribution in [2.45, 2.75) is 26.2 Å². The first-order valence-electron chi connectivity index (χ1n) is 3.55. The Bertz CT molecular complexity index is 161. The number of hydrogen-bond donors (Lipinski definition) is 2. The van der Waals surface area contributed by atoms with Crippen molar-refractivity contribution < 1.29 is 14.6 Å². The van der Waals surface area contributed by atoms with Crippen LogP contribution in [0.1, 0.15) is 0 Å². The molecule has 0 aromatic carbocycles. The van der Waals surface area contributed by atoms with E-state index in [0.29, 0.717) is 0 Å². The lowest BCUT2D eigenvalue weighted by Crippen LogP contribution is -2.39. The molecule has 66 valence electrons. The molecule has 0 unspecified atom stereocenters. The normalized spacial score (nSPS) is 11.0. The van der Waals surface area contributed by atoms with Crippen LogP contribution in [0.15, 0.2) is 0 Å². The minimum absolute atomic E-state index is 0.0478. The zero-order chi connectivity index (χ0) is 9.07. The molecule has 0 bridgehead atoms. The number of aliphatic hydroxyl groups excluding tert-OH is 2. The van der Waals surface area contributed by atoms with E-state index in [4.69, 9.17) is 9.53 Å². The molecule has 0 aromatic heterocycles. The second-order valence-electron chi connectivity index (χ2n) is 3.33. The first kappa shape index (κ1) is 10.9. The second kappa shape index (κ2) is 4.03. The first-order valence-corrected chi connectivity index (χ1v) is 9.17. The molecule has 0 heterocycles. The summed E-state index contributed by atoms with van der Waals surface area (Å²) < 4.78 is 5.25. The minimum Gasteiger partial charge on any atom is -0.522 e. The molecule has 0 aliphatic carbocycles. The average molecular weight is 192 g/mol. The van der Waals surface area contributed by atoms with Gasteiger partial charge in [-0.15, -0.1) is 0 Å². The first-order chi connectivity index (χ1) is 4.89. The van der Waals surface area contributed by atoms with Gasteiger partial charge in [0.05, 0.1) is 6.23 Å². The molecule has 0 aliphatic rings. The third kappa shape index (κ3) is 4.33. The second-order valence-corrected chi connectivity index (χ2v) is 9.79. The maximum absolute atomic E-state index is 9.26. The lowest BCUT2D eigenvalue weighted by molar-refractivity contribution is 0.312. The van der Waals surface area contributed by atoms with Gasteiger partial charge in [-0.25, -0.2) is 0 Å². The van der Waals surface area contributed by atoms with Crippen molar-refractivity contribution in [1.82, 2.24) is 0 Å². The van der Waals surface area contributed by atoms with Crippen LogP contribution in [0, 0.1) is 0 Å². The number of rotatable bonds is 3. The summed E-state index contributed by atoms with van der Waals surface area (Å²) in [4.78, 5) is 0. The predicted octanol–water partition coefficient (Wildman–Crippen LogP) is 0.536. The summed E-state index contributed by atoms with van der Waals surface area (Å²) in [5, 5.41) is 18.1. The molecule has 0 amide bonds. The molecular formula is C6H16O3Si2. The van der Waals surface area contributed by atoms with Gasteiger partial charge in [0, 0.05) is 0 Å². The molecule has 0 aliphatic heterocycles. The van der Waals surface area contributed by atoms with E-state index in [-0.39, 0.29) is 11.8 Å². The van der Waals surface area contributed by atoms with E-state index < -0.39 is 16.7 Å². The topological polar surface area (TPSA) is 49.7 Å². The standard InChI is InChI=1S/C6H16O3Si2/c1-10(2)6(8)9-11(3,4)5-7/h7-8H,5H2,1-4H3. The van der Waals surface area contributed by atoms with E-state index in [2.05, 4.69) is 0 Å². The number of aliphatic hydroxyl groups is 2. The van der Waals surface area contributed by atoms with Crippen LogP contribution in [0.2, 0.25) is 26.2 Å². The fourth-order valence-corrected chi connectivity index (χ4v) is 2.63. The Balaban J connectivity index is 4.15. The molecule has 0 aromatic rings. The largest absolute Gasteiger partial charge is 0.522 e. The van der Waals surface area contributed by atoms with Gasteiger partial charge in [-0.1, -0.05) is 0 Å². The fraction of sp³-hybridized carbons (Fsp3) is 0.833. The van der Waals surface area contributed by atoms with Crippen LogP contribution in [0.4, 0.5) is 0 Å². The van der Waals surface area contributed by atoms with E-state index in [9.17, 15) is 5.11 Å². The maximum atomic E-state index is 9.26. The van der Waals surface area contributed by atoms with Crippen LogP contribution in [-0.2, 0) is 4.43 Å². The lowest BCUT2D eigenvalue weighted by atomic mass is 11.5. The zero-order valence-electron chi connectivity index (χ0n) is 7.51. The minimum atomic E-state index is -2.01. The molecule has 0 spiro atoms. The maximum Gasteiger partial charge on any atom is 0.273 e. The van der Waals surface area contributed by atoms with Crippen LogP contribution in [0.25, 0.3) is 0 Å². The van der Waals surface area contributed by atoms with Crippen molar-refractivity contribution in [1.29, 1.82) is 0 Å². The summed E-state index contributed by atoms with van der Waals surface area (Å²) in [7, 11) is -2.89. The van der Waals surface area contributed by atoms with Gasteiger partial charge in [0.1, 0.15) is 8.41 Å². The Morgan fingerprint density at radius 3 is 2.18 bits per heavy atom. The summed E-state index contributed by atoms with van der Waals surface area (Å²) in [6.07, 6.45) is 0.0478. The third-order valence-electron chi connectivity index (χ3n) is 1.18. The summed E-state index contributed by atoms with van der Waals surface area (Å²) >= 11 is 0. The van der Waals surface area contributed by atoms with Gasteiger partial charge in [-0.05, 0) is 26.2 Å². The van der Waals surface area contributed by atoms with Gasteiger partial charge in [0.2, 0.25) is 5.54 Å². The lowest BCUT2D eigenvalue weighted by Gasteiger charge is -2.21. The van der Waals surface area contributed by atoms with Crippen LogP contribution in [0.3, 0.4) is 0 Å². The Hall–Kier alpha value is -0.136. The van der Waals surface area contributed by atoms with E-state index in [0.717, 1.165) is 0 Å². The third-order valence-corrected chi connectivity index (χ3v) is 3.85. The molecule has 2 N–H and O–H groups in total. The molecular weight excluding hydrogens is 176 g/mol. The zero-order valence-corrected chi connectivity index (χ0v) is 9.51. The quantitative estimate of drug-likeness (QED) is 0.642. The highest BCUT2D eigenvalue weighted by Crippen LogP contribution is 2.02. The molecule has 0 saturated carbocycles. The van der Waals surface area contributed by atoms with Crippen LogP contribution < -0.4 is 0 Å². The van der Waals surface area contributed by atoms with Gasteiger partial charge in [-0.2, -0.15) is 0 Å². The van der Waals surface area contributed by atoms with Crippen molar-refractivity contribution in [3.8, 4) is 0 Å². The summed E-state index contributed by atoms with van der Waals surface area (Å²) in [6.45, 7) is 7.63. The highest BCUT2D eigenvalue weighted by molar-refractivity contribution is 6.76. The Kier molecular flexibility index (Phi) is 3.98. The summed E-state index contributed by atoms with van der Waals surface area (Å²) in [5.41, 5.74) is 0.140. The molecule has 0 saturated heterocycles. The summed E-state index contributed by atoms with van der Waals surface area (Å²) in [5.74, 6) is 0. The number of hydrogen-bond acceptors (Lipinski definition) is 3. The van der Waals surface area contributed by atoms with Crippen molar-refractivity contribution in [2.24, 2.45) is 0 Å². The molecule has 5 heteroatoms. The molecule has 0 fully saturated rings. The smallest absolute Gasteiger partial charge is 0.273 e. The molecule has 0 atom stereocenters. The average Bonchev–Trinajstić information content (AvgIpc) is 1.87. The van der Waals surface area contributed by atoms with Crippen molar-refractivity contribution in [2.75, 3.05) is 6.23 Å². The Labute approximate surface area is 70.0 Å². The molecule has 3 nitrogen and oxygen atoms in total. The van der Waals surface area contributed by atoms with Gasteiger partial charge in [0.15, 0.2) is 0 Å². The van der Waals surface area contributed by atoms with Crippen molar-refractivity contribution in [3.05, 3.63) is 0 Å². The van der Waals surface area contributed by atoms with E-state index in [1.54, 1.807) is 0 Å². The fourth-order valence-electron chi connectivity index (χ4n) is 0.396.